The molecule has 2 heterocycles. The maximum atomic E-state index is 12.4. The summed E-state index contributed by atoms with van der Waals surface area (Å²) in [6.45, 7) is 2.45. The summed E-state index contributed by atoms with van der Waals surface area (Å²) in [5.74, 6) is 0.600. The van der Waals surface area contributed by atoms with Gasteiger partial charge in [0.15, 0.2) is 6.29 Å². The van der Waals surface area contributed by atoms with Crippen molar-refractivity contribution in [3.8, 4) is 0 Å². The van der Waals surface area contributed by atoms with E-state index >= 15 is 0 Å². The second-order valence-electron chi connectivity index (χ2n) is 6.07. The van der Waals surface area contributed by atoms with Gasteiger partial charge in [-0.25, -0.2) is 4.98 Å². The second-order valence-corrected chi connectivity index (χ2v) is 6.07. The number of para-hydroxylation sites is 1. The molecule has 0 radical (unpaired) electrons. The Morgan fingerprint density at radius 3 is 2.84 bits per heavy atom. The Balaban J connectivity index is 1.79. The van der Waals surface area contributed by atoms with Crippen molar-refractivity contribution in [3.05, 3.63) is 53.7 Å². The molecule has 0 saturated heterocycles. The van der Waals surface area contributed by atoms with E-state index in [-0.39, 0.29) is 12.5 Å². The maximum Gasteiger partial charge on any atom is 0.251 e. The molecule has 6 nitrogen and oxygen atoms in total. The fourth-order valence-corrected chi connectivity index (χ4v) is 3.15. The Hall–Kier alpha value is -2.44. The van der Waals surface area contributed by atoms with E-state index in [1.807, 2.05) is 18.2 Å². The highest BCUT2D eigenvalue weighted by Crippen LogP contribution is 2.37. The number of carbonyl (C=O) groups is 1. The van der Waals surface area contributed by atoms with Crippen LogP contribution in [0, 0.1) is 0 Å². The first kappa shape index (κ1) is 17.4. The number of hydrogen-bond donors (Lipinski definition) is 1. The minimum atomic E-state index is -0.462. The molecule has 1 N–H and O–H groups in total. The summed E-state index contributed by atoms with van der Waals surface area (Å²) < 4.78 is 10.2. The van der Waals surface area contributed by atoms with Gasteiger partial charge >= 0.3 is 0 Å². The highest BCUT2D eigenvalue weighted by atomic mass is 16.7. The Morgan fingerprint density at radius 2 is 2.08 bits per heavy atom. The normalized spacial score (nSPS) is 16.2. The minimum absolute atomic E-state index is 0.178. The maximum absolute atomic E-state index is 12.4. The number of carbonyl (C=O) groups excluding carboxylic acids is 1. The SMILES string of the molecule is COC(CNC(=O)c1ccnc(N2c3ccccc3CC2C)c1)OC. The number of fused-ring (bicyclic) bond motifs is 1. The molecule has 1 aliphatic rings. The van der Waals surface area contributed by atoms with Crippen molar-refractivity contribution in [2.75, 3.05) is 25.7 Å². The Kier molecular flexibility index (Phi) is 5.31. The summed E-state index contributed by atoms with van der Waals surface area (Å²) in [7, 11) is 3.08. The lowest BCUT2D eigenvalue weighted by atomic mass is 10.1. The molecule has 1 amide bonds. The standard InChI is InChI=1S/C19H23N3O3/c1-13-10-14-6-4-5-7-16(14)22(13)17-11-15(8-9-20-17)19(23)21-12-18(24-2)25-3/h4-9,11,13,18H,10,12H2,1-3H3,(H,21,23). The number of nitrogens with zero attached hydrogens (tertiary/aromatic N) is 2. The van der Waals surface area contributed by atoms with Gasteiger partial charge in [-0.15, -0.1) is 0 Å². The van der Waals surface area contributed by atoms with E-state index in [0.29, 0.717) is 11.6 Å². The molecule has 25 heavy (non-hydrogen) atoms. The van der Waals surface area contributed by atoms with Crippen LogP contribution < -0.4 is 10.2 Å². The first-order valence-electron chi connectivity index (χ1n) is 8.31. The van der Waals surface area contributed by atoms with E-state index in [1.165, 1.54) is 19.8 Å². The molecule has 1 atom stereocenters. The summed E-state index contributed by atoms with van der Waals surface area (Å²) >= 11 is 0. The van der Waals surface area contributed by atoms with E-state index < -0.39 is 6.29 Å². The van der Waals surface area contributed by atoms with Gasteiger partial charge in [0.2, 0.25) is 0 Å². The van der Waals surface area contributed by atoms with Crippen LogP contribution in [0.25, 0.3) is 0 Å². The predicted molar refractivity (Wildman–Crippen MR) is 96.1 cm³/mol. The Morgan fingerprint density at radius 1 is 1.32 bits per heavy atom. The summed E-state index contributed by atoms with van der Waals surface area (Å²) in [4.78, 5) is 19.1. The molecule has 2 aromatic rings. The third kappa shape index (κ3) is 3.65. The van der Waals surface area contributed by atoms with Crippen molar-refractivity contribution in [2.45, 2.75) is 25.7 Å². The summed E-state index contributed by atoms with van der Waals surface area (Å²) in [5.41, 5.74) is 3.01. The van der Waals surface area contributed by atoms with Crippen LogP contribution in [-0.4, -0.2) is 44.0 Å². The number of ether oxygens (including phenoxy) is 2. The highest BCUT2D eigenvalue weighted by molar-refractivity contribution is 5.95. The van der Waals surface area contributed by atoms with Crippen molar-refractivity contribution in [2.24, 2.45) is 0 Å². The molecule has 0 spiro atoms. The average molecular weight is 341 g/mol. The van der Waals surface area contributed by atoms with E-state index in [1.54, 1.807) is 12.3 Å². The zero-order chi connectivity index (χ0) is 17.8. The van der Waals surface area contributed by atoms with E-state index in [2.05, 4.69) is 34.3 Å². The molecule has 0 bridgehead atoms. The number of rotatable bonds is 6. The van der Waals surface area contributed by atoms with Crippen molar-refractivity contribution >= 4 is 17.4 Å². The number of hydrogen-bond acceptors (Lipinski definition) is 5. The lowest BCUT2D eigenvalue weighted by Crippen LogP contribution is -2.34. The molecule has 3 rings (SSSR count). The van der Waals surface area contributed by atoms with E-state index in [0.717, 1.165) is 17.9 Å². The third-order valence-corrected chi connectivity index (χ3v) is 4.42. The average Bonchev–Trinajstić information content (AvgIpc) is 2.98. The molecule has 0 saturated carbocycles. The first-order valence-corrected chi connectivity index (χ1v) is 8.31. The summed E-state index contributed by atoms with van der Waals surface area (Å²) in [6, 6.07) is 12.1. The molecule has 0 fully saturated rings. The van der Waals surface area contributed by atoms with Crippen molar-refractivity contribution < 1.29 is 14.3 Å². The molecule has 1 unspecified atom stereocenters. The summed E-state index contributed by atoms with van der Waals surface area (Å²) in [6.07, 6.45) is 2.18. The zero-order valence-corrected chi connectivity index (χ0v) is 14.7. The van der Waals surface area contributed by atoms with Crippen LogP contribution in [0.2, 0.25) is 0 Å². The third-order valence-electron chi connectivity index (χ3n) is 4.42. The lowest BCUT2D eigenvalue weighted by molar-refractivity contribution is -0.0974. The van der Waals surface area contributed by atoms with Crippen LogP contribution in [0.5, 0.6) is 0 Å². The molecule has 6 heteroatoms. The molecular formula is C19H23N3O3. The summed E-state index contributed by atoms with van der Waals surface area (Å²) in [5, 5.41) is 2.81. The number of nitrogens with one attached hydrogen (secondary N) is 1. The van der Waals surface area contributed by atoms with Crippen LogP contribution in [0.15, 0.2) is 42.6 Å². The van der Waals surface area contributed by atoms with Crippen molar-refractivity contribution in [1.82, 2.24) is 10.3 Å². The van der Waals surface area contributed by atoms with Gasteiger partial charge in [-0.05, 0) is 37.1 Å². The van der Waals surface area contributed by atoms with Gasteiger partial charge < -0.3 is 19.7 Å². The monoisotopic (exact) mass is 341 g/mol. The zero-order valence-electron chi connectivity index (χ0n) is 14.7. The van der Waals surface area contributed by atoms with Crippen LogP contribution >= 0.6 is 0 Å². The fourth-order valence-electron chi connectivity index (χ4n) is 3.15. The van der Waals surface area contributed by atoms with Gasteiger partial charge in [0.05, 0.1) is 6.54 Å². The van der Waals surface area contributed by atoms with Crippen LogP contribution in [-0.2, 0) is 15.9 Å². The number of pyridine rings is 1. The lowest BCUT2D eigenvalue weighted by Gasteiger charge is -2.24. The highest BCUT2D eigenvalue weighted by Gasteiger charge is 2.28. The van der Waals surface area contributed by atoms with Gasteiger partial charge in [-0.3, -0.25) is 4.79 Å². The second kappa shape index (κ2) is 7.63. The molecule has 1 aliphatic heterocycles. The van der Waals surface area contributed by atoms with Crippen LogP contribution in [0.1, 0.15) is 22.8 Å². The number of benzene rings is 1. The van der Waals surface area contributed by atoms with Gasteiger partial charge in [-0.1, -0.05) is 18.2 Å². The topological polar surface area (TPSA) is 63.7 Å². The molecule has 132 valence electrons. The molecule has 1 aromatic heterocycles. The van der Waals surface area contributed by atoms with E-state index in [9.17, 15) is 4.79 Å². The quantitative estimate of drug-likeness (QED) is 0.818. The predicted octanol–water partition coefficient (Wildman–Crippen LogP) is 2.51. The smallest absolute Gasteiger partial charge is 0.251 e. The van der Waals surface area contributed by atoms with Crippen molar-refractivity contribution in [3.63, 3.8) is 0 Å². The number of anilines is 2. The fraction of sp³-hybridized carbons (Fsp3) is 0.368. The van der Waals surface area contributed by atoms with Gasteiger partial charge in [0, 0.05) is 37.7 Å². The number of amides is 1. The molecular weight excluding hydrogens is 318 g/mol. The largest absolute Gasteiger partial charge is 0.354 e. The van der Waals surface area contributed by atoms with Crippen LogP contribution in [0.3, 0.4) is 0 Å². The first-order chi connectivity index (χ1) is 12.1. The Labute approximate surface area is 147 Å². The number of aromatic nitrogens is 1. The van der Waals surface area contributed by atoms with Crippen LogP contribution in [0.4, 0.5) is 11.5 Å². The van der Waals surface area contributed by atoms with Gasteiger partial charge in [0.25, 0.3) is 5.91 Å². The van der Waals surface area contributed by atoms with Crippen molar-refractivity contribution in [1.29, 1.82) is 0 Å². The number of methoxy groups -OCH3 is 2. The van der Waals surface area contributed by atoms with Gasteiger partial charge in [-0.2, -0.15) is 0 Å². The minimum Gasteiger partial charge on any atom is -0.354 e. The van der Waals surface area contributed by atoms with E-state index in [4.69, 9.17) is 9.47 Å². The Bertz CT molecular complexity index is 746. The van der Waals surface area contributed by atoms with Gasteiger partial charge in [0.1, 0.15) is 5.82 Å². The molecule has 1 aromatic carbocycles. The molecule has 0 aliphatic carbocycles.